The van der Waals surface area contributed by atoms with Crippen LogP contribution in [0.1, 0.15) is 66.6 Å². The Hall–Kier alpha value is -3.20. The van der Waals surface area contributed by atoms with Crippen molar-refractivity contribution in [2.45, 2.75) is 63.0 Å². The van der Waals surface area contributed by atoms with Crippen LogP contribution in [0.4, 0.5) is 13.2 Å². The molecule has 0 aliphatic carbocycles. The number of halogens is 3. The molecule has 4 aromatic rings. The molecule has 2 saturated heterocycles. The average molecular weight is 627 g/mol. The van der Waals surface area contributed by atoms with E-state index in [0.717, 1.165) is 47.2 Å². The van der Waals surface area contributed by atoms with Gasteiger partial charge in [0.1, 0.15) is 0 Å². The number of alkyl halides is 3. The van der Waals surface area contributed by atoms with Crippen LogP contribution >= 0.6 is 0 Å². The zero-order valence-electron chi connectivity index (χ0n) is 22.4. The number of amides is 1. The van der Waals surface area contributed by atoms with Crippen molar-refractivity contribution in [2.24, 2.45) is 0 Å². The van der Waals surface area contributed by atoms with Crippen molar-refractivity contribution in [1.29, 1.82) is 0 Å². The van der Waals surface area contributed by atoms with Crippen LogP contribution in [0.2, 0.25) is 0 Å². The number of rotatable bonds is 5. The Morgan fingerprint density at radius 2 is 1.83 bits per heavy atom. The molecule has 7 nitrogen and oxygen atoms in total. The molecule has 0 bridgehead atoms. The third kappa shape index (κ3) is 4.86. The van der Waals surface area contributed by atoms with E-state index in [1.807, 2.05) is 15.5 Å². The second-order valence-corrected chi connectivity index (χ2v) is 12.2. The zero-order valence-corrected chi connectivity index (χ0v) is 24.8. The van der Waals surface area contributed by atoms with Crippen LogP contribution in [-0.4, -0.2) is 64.8 Å². The fraction of sp³-hybridized carbons (Fsp3) is 0.367. The molecule has 6 rings (SSSR count). The van der Waals surface area contributed by atoms with Gasteiger partial charge in [0.15, 0.2) is 0 Å². The van der Waals surface area contributed by atoms with Crippen LogP contribution in [0, 0.1) is 0 Å². The van der Waals surface area contributed by atoms with Crippen molar-refractivity contribution in [2.75, 3.05) is 6.54 Å². The van der Waals surface area contributed by atoms with Crippen molar-refractivity contribution in [1.82, 2.24) is 19.3 Å². The minimum absolute atomic E-state index is 0.0438. The first-order chi connectivity index (χ1) is 19.5. The van der Waals surface area contributed by atoms with Gasteiger partial charge in [0.05, 0.1) is 0 Å². The van der Waals surface area contributed by atoms with Gasteiger partial charge in [0, 0.05) is 0 Å². The van der Waals surface area contributed by atoms with Crippen LogP contribution in [0.25, 0.3) is 16.8 Å². The molecule has 2 aromatic heterocycles. The van der Waals surface area contributed by atoms with Crippen LogP contribution in [-0.2, 0) is 23.2 Å². The third-order valence-corrected chi connectivity index (χ3v) is 9.42. The SMILES string of the molecule is CC(O)(c1cccc(C(F)(F)F)c1)c1ccc(-c2nc([C@@H]3CC[C@H]4CCC(=O)N4C3)n3ccnc([AsH2])c23)c(CO)c1. The Morgan fingerprint density at radius 1 is 1.07 bits per heavy atom. The van der Waals surface area contributed by atoms with E-state index >= 15 is 0 Å². The Labute approximate surface area is 243 Å². The molecule has 2 aliphatic rings. The van der Waals surface area contributed by atoms with Gasteiger partial charge in [-0.1, -0.05) is 0 Å². The second kappa shape index (κ2) is 10.3. The van der Waals surface area contributed by atoms with E-state index in [2.05, 4.69) is 4.98 Å². The fourth-order valence-electron chi connectivity index (χ4n) is 6.26. The van der Waals surface area contributed by atoms with Crippen LogP contribution in [0.3, 0.4) is 0 Å². The number of carbonyl (C=O) groups excluding carboxylic acids is 1. The number of aliphatic hydroxyl groups excluding tert-OH is 1. The summed E-state index contributed by atoms with van der Waals surface area (Å²) in [5, 5.41) is 21.8. The predicted octanol–water partition coefficient (Wildman–Crippen LogP) is 3.29. The number of carbonyl (C=O) groups is 1. The summed E-state index contributed by atoms with van der Waals surface area (Å²) in [6.07, 6.45) is 2.39. The molecule has 2 unspecified atom stereocenters. The first-order valence-corrected chi connectivity index (χ1v) is 14.8. The van der Waals surface area contributed by atoms with E-state index in [-0.39, 0.29) is 24.0 Å². The summed E-state index contributed by atoms with van der Waals surface area (Å²) in [7, 11) is 0. The van der Waals surface area contributed by atoms with E-state index in [1.165, 1.54) is 35.9 Å². The van der Waals surface area contributed by atoms with Crippen LogP contribution in [0.15, 0.2) is 54.9 Å². The van der Waals surface area contributed by atoms with E-state index in [1.54, 1.807) is 24.4 Å². The number of aliphatic hydroxyl groups is 2. The molecule has 2 aliphatic heterocycles. The standard InChI is InChI=1S/C30H30AsF3N4O3/c1-29(41,19-3-2-4-21(14-19)30(32,33)34)20-6-9-23(18(13-20)16-39)25-26-27(31)35-11-12-37(26)28(36-25)17-5-7-22-8-10-24(40)38(22)15-17/h2-4,6,9,11-14,17,22,39,41H,5,7-8,10,15-16,31H2,1H3/t17-,22+,29?/m1/s1. The number of aromatic nitrogens is 3. The quantitative estimate of drug-likeness (QED) is 0.332. The maximum atomic E-state index is 13.4. The third-order valence-electron chi connectivity index (χ3n) is 8.54. The number of fused-ring (bicyclic) bond motifs is 2. The van der Waals surface area contributed by atoms with Crippen LogP contribution in [0.5, 0.6) is 0 Å². The molecule has 2 aromatic carbocycles. The molecular formula is C30H30AsF3N4O3. The fourth-order valence-corrected chi connectivity index (χ4v) is 7.02. The van der Waals surface area contributed by atoms with Crippen LogP contribution < -0.4 is 4.48 Å². The van der Waals surface area contributed by atoms with Crippen molar-refractivity contribution in [3.8, 4) is 11.3 Å². The monoisotopic (exact) mass is 626 g/mol. The van der Waals surface area contributed by atoms with Crippen molar-refractivity contribution in [3.63, 3.8) is 0 Å². The van der Waals surface area contributed by atoms with Gasteiger partial charge in [0.2, 0.25) is 0 Å². The first-order valence-electron chi connectivity index (χ1n) is 13.6. The van der Waals surface area contributed by atoms with Gasteiger partial charge >= 0.3 is 231 Å². The van der Waals surface area contributed by atoms with Gasteiger partial charge < -0.3 is 0 Å². The second-order valence-electron chi connectivity index (χ2n) is 11.0. The molecule has 0 saturated carbocycles. The predicted molar refractivity (Wildman–Crippen MR) is 149 cm³/mol. The normalized spacial score (nSPS) is 20.9. The Kier molecular flexibility index (Phi) is 6.99. The van der Waals surface area contributed by atoms with E-state index in [4.69, 9.17) is 4.98 Å². The van der Waals surface area contributed by atoms with E-state index in [0.29, 0.717) is 41.4 Å². The summed E-state index contributed by atoms with van der Waals surface area (Å²) in [5.74, 6) is 1.06. The van der Waals surface area contributed by atoms with E-state index in [9.17, 15) is 28.2 Å². The minimum atomic E-state index is -4.54. The average Bonchev–Trinajstić information content (AvgIpc) is 3.53. The summed E-state index contributed by atoms with van der Waals surface area (Å²) in [6.45, 7) is 1.68. The topological polar surface area (TPSA) is 91.0 Å². The molecule has 1 amide bonds. The Balaban J connectivity index is 1.42. The molecule has 0 spiro atoms. The summed E-state index contributed by atoms with van der Waals surface area (Å²) >= 11 is 1.33. The number of nitrogens with zero attached hydrogens (tertiary/aromatic N) is 4. The number of hydrogen-bond acceptors (Lipinski definition) is 5. The van der Waals surface area contributed by atoms with Gasteiger partial charge in [-0.15, -0.1) is 0 Å². The maximum absolute atomic E-state index is 13.4. The van der Waals surface area contributed by atoms with Gasteiger partial charge in [-0.2, -0.15) is 13.2 Å². The molecule has 2 fully saturated rings. The van der Waals surface area contributed by atoms with Crippen molar-refractivity contribution in [3.05, 3.63) is 82.9 Å². The summed E-state index contributed by atoms with van der Waals surface area (Å²) in [4.78, 5) is 24.0. The molecule has 0 radical (unpaired) electrons. The number of piperidine rings is 1. The summed E-state index contributed by atoms with van der Waals surface area (Å²) in [6, 6.07) is 9.95. The molecule has 4 heterocycles. The first kappa shape index (κ1) is 27.9. The summed E-state index contributed by atoms with van der Waals surface area (Å²) in [5.41, 5.74) is 0.425. The Bertz CT molecular complexity index is 1650. The molecule has 11 heteroatoms. The van der Waals surface area contributed by atoms with Gasteiger partial charge in [-0.25, -0.2) is 0 Å². The van der Waals surface area contributed by atoms with Gasteiger partial charge in [-0.3, -0.25) is 0 Å². The van der Waals surface area contributed by atoms with Crippen molar-refractivity contribution >= 4 is 32.8 Å². The number of hydrogen-bond donors (Lipinski definition) is 2. The molecule has 41 heavy (non-hydrogen) atoms. The number of benzene rings is 2. The molecular weight excluding hydrogens is 596 g/mol. The summed E-state index contributed by atoms with van der Waals surface area (Å²) < 4.78 is 42.9. The van der Waals surface area contributed by atoms with Gasteiger partial charge in [0.25, 0.3) is 0 Å². The van der Waals surface area contributed by atoms with Gasteiger partial charge in [-0.05, 0) is 0 Å². The van der Waals surface area contributed by atoms with Crippen molar-refractivity contribution < 1.29 is 28.2 Å². The Morgan fingerprint density at radius 3 is 2.59 bits per heavy atom. The number of imidazole rings is 1. The molecule has 4 atom stereocenters. The zero-order chi connectivity index (χ0) is 29.1. The molecule has 2 N–H and O–H groups in total. The molecule has 214 valence electrons. The van der Waals surface area contributed by atoms with E-state index < -0.39 is 17.3 Å².